The van der Waals surface area contributed by atoms with Crippen LogP contribution in [0.15, 0.2) is 35.2 Å². The van der Waals surface area contributed by atoms with Crippen LogP contribution in [0, 0.1) is 17.8 Å². The number of furan rings is 1. The molecule has 4 aliphatic rings. The van der Waals surface area contributed by atoms with E-state index in [1.165, 1.54) is 40.2 Å². The van der Waals surface area contributed by atoms with Gasteiger partial charge in [-0.25, -0.2) is 0 Å². The number of aliphatic hydroxyl groups is 1. The van der Waals surface area contributed by atoms with Crippen molar-refractivity contribution in [2.45, 2.75) is 88.7 Å². The van der Waals surface area contributed by atoms with Crippen molar-refractivity contribution < 1.29 is 61.9 Å². The summed E-state index contributed by atoms with van der Waals surface area (Å²) in [7, 11) is 0. The van der Waals surface area contributed by atoms with Crippen LogP contribution in [0.25, 0.3) is 0 Å². The highest BCUT2D eigenvalue weighted by atomic mass is 16.6. The molecule has 2 aliphatic heterocycles. The van der Waals surface area contributed by atoms with E-state index in [1.807, 2.05) is 0 Å². The maximum Gasteiger partial charge on any atom is 0.309 e. The lowest BCUT2D eigenvalue weighted by Crippen LogP contribution is -2.78. The van der Waals surface area contributed by atoms with Gasteiger partial charge in [0.25, 0.3) is 0 Å². The lowest BCUT2D eigenvalue weighted by atomic mass is 9.50. The Kier molecular flexibility index (Phi) is 7.69. The number of esters is 5. The van der Waals surface area contributed by atoms with E-state index in [4.69, 9.17) is 32.8 Å². The second-order valence-electron chi connectivity index (χ2n) is 11.4. The van der Waals surface area contributed by atoms with Gasteiger partial charge >= 0.3 is 29.8 Å². The van der Waals surface area contributed by atoms with Crippen LogP contribution in [0.1, 0.15) is 58.6 Å². The van der Waals surface area contributed by atoms with E-state index in [0.717, 1.165) is 0 Å². The van der Waals surface area contributed by atoms with E-state index in [9.17, 15) is 29.1 Å². The van der Waals surface area contributed by atoms with E-state index in [1.54, 1.807) is 6.07 Å². The molecule has 228 valence electrons. The fraction of sp³-hybridized carbons (Fsp3) is 0.621. The highest BCUT2D eigenvalue weighted by Gasteiger charge is 2.74. The van der Waals surface area contributed by atoms with Gasteiger partial charge in [-0.2, -0.15) is 0 Å². The van der Waals surface area contributed by atoms with E-state index < -0.39 is 89.3 Å². The average molecular weight is 591 g/mol. The maximum atomic E-state index is 13.1. The molecule has 2 saturated carbocycles. The molecule has 2 aliphatic carbocycles. The minimum absolute atomic E-state index is 0.00728. The van der Waals surface area contributed by atoms with Crippen molar-refractivity contribution in [2.75, 3.05) is 6.61 Å². The Labute approximate surface area is 241 Å². The zero-order valence-corrected chi connectivity index (χ0v) is 23.7. The molecule has 13 heteroatoms. The fourth-order valence-electron chi connectivity index (χ4n) is 7.45. The first kappa shape index (κ1) is 29.8. The summed E-state index contributed by atoms with van der Waals surface area (Å²) in [5.74, 6) is -5.74. The summed E-state index contributed by atoms with van der Waals surface area (Å²) in [5, 5.41) is 12.8. The molecule has 5 rings (SSSR count). The van der Waals surface area contributed by atoms with Crippen LogP contribution in [0.3, 0.4) is 0 Å². The number of ether oxygens (including phenoxy) is 6. The number of carbonyl (C=O) groups excluding carboxylic acids is 5. The topological polar surface area (TPSA) is 174 Å². The van der Waals surface area contributed by atoms with Gasteiger partial charge < -0.3 is 37.9 Å². The molecule has 0 amide bonds. The van der Waals surface area contributed by atoms with Crippen molar-refractivity contribution in [3.05, 3.63) is 36.3 Å². The molecule has 1 spiro atoms. The largest absolute Gasteiger partial charge is 0.472 e. The van der Waals surface area contributed by atoms with Gasteiger partial charge in [-0.1, -0.05) is 6.58 Å². The number of hydrogen-bond acceptors (Lipinski definition) is 13. The molecule has 0 radical (unpaired) electrons. The standard InChI is InChI=1S/C29H34O13/c1-13-28-10-23(34)41-25(18-6-7-36-11-18)20(28)9-22(39-16(4)32)29(13,35)24-19(12-37-14(2)30)8-21(38-15(3)31)26(27(24)42-28)40-17(5)33/h6-7,11,19-22,24-27,35H,1,8-10,12H2,2-5H3. The van der Waals surface area contributed by atoms with Crippen LogP contribution >= 0.6 is 0 Å². The second-order valence-corrected chi connectivity index (χ2v) is 11.4. The highest BCUT2D eigenvalue weighted by molar-refractivity contribution is 5.74. The number of cyclic esters (lactones) is 1. The van der Waals surface area contributed by atoms with Gasteiger partial charge in [0, 0.05) is 51.0 Å². The molecule has 13 nitrogen and oxygen atoms in total. The van der Waals surface area contributed by atoms with Crippen LogP contribution in [0.4, 0.5) is 0 Å². The Balaban J connectivity index is 1.70. The molecule has 10 unspecified atom stereocenters. The Bertz CT molecular complexity index is 1290. The summed E-state index contributed by atoms with van der Waals surface area (Å²) in [6.45, 7) is 8.81. The monoisotopic (exact) mass is 590 g/mol. The number of fused-ring (bicyclic) bond motifs is 3. The zero-order valence-electron chi connectivity index (χ0n) is 23.7. The van der Waals surface area contributed by atoms with Gasteiger partial charge in [-0.15, -0.1) is 0 Å². The van der Waals surface area contributed by atoms with Gasteiger partial charge in [0.05, 0.1) is 25.6 Å². The van der Waals surface area contributed by atoms with Gasteiger partial charge in [-0.3, -0.25) is 24.0 Å². The third-order valence-corrected chi connectivity index (χ3v) is 8.82. The minimum atomic E-state index is -2.03. The third kappa shape index (κ3) is 4.87. The molecule has 1 N–H and O–H groups in total. The lowest BCUT2D eigenvalue weighted by molar-refractivity contribution is -0.325. The molecular weight excluding hydrogens is 556 g/mol. The van der Waals surface area contributed by atoms with Gasteiger partial charge in [0.1, 0.15) is 35.6 Å². The maximum absolute atomic E-state index is 13.1. The summed E-state index contributed by atoms with van der Waals surface area (Å²) < 4.78 is 40.1. The van der Waals surface area contributed by atoms with Gasteiger partial charge in [-0.05, 0) is 24.5 Å². The lowest BCUT2D eigenvalue weighted by Gasteiger charge is -2.67. The summed E-state index contributed by atoms with van der Waals surface area (Å²) in [5.41, 5.74) is -2.99. The molecule has 2 bridgehead atoms. The molecule has 0 aromatic carbocycles. The van der Waals surface area contributed by atoms with Crippen LogP contribution in [0.2, 0.25) is 0 Å². The van der Waals surface area contributed by atoms with E-state index in [2.05, 4.69) is 6.58 Å². The number of carbonyl (C=O) groups is 5. The normalized spacial score (nSPS) is 38.7. The van der Waals surface area contributed by atoms with Crippen molar-refractivity contribution in [1.82, 2.24) is 0 Å². The molecule has 42 heavy (non-hydrogen) atoms. The number of rotatable bonds is 6. The first-order valence-electron chi connectivity index (χ1n) is 13.7. The average Bonchev–Trinajstić information content (AvgIpc) is 3.42. The van der Waals surface area contributed by atoms with E-state index in [-0.39, 0.29) is 31.4 Å². The first-order valence-corrected chi connectivity index (χ1v) is 13.7. The van der Waals surface area contributed by atoms with E-state index >= 15 is 0 Å². The van der Waals surface area contributed by atoms with Crippen molar-refractivity contribution in [3.63, 3.8) is 0 Å². The molecule has 1 aromatic rings. The fourth-order valence-corrected chi connectivity index (χ4v) is 7.45. The summed E-state index contributed by atoms with van der Waals surface area (Å²) in [6, 6.07) is 1.63. The summed E-state index contributed by atoms with van der Waals surface area (Å²) in [6.07, 6.45) is -3.11. The van der Waals surface area contributed by atoms with Crippen LogP contribution in [-0.4, -0.2) is 77.2 Å². The van der Waals surface area contributed by atoms with Crippen LogP contribution < -0.4 is 0 Å². The van der Waals surface area contributed by atoms with Crippen molar-refractivity contribution in [3.8, 4) is 0 Å². The quantitative estimate of drug-likeness (QED) is 0.288. The molecular formula is C29H34O13. The molecule has 3 heterocycles. The predicted molar refractivity (Wildman–Crippen MR) is 137 cm³/mol. The Hall–Kier alpha value is -3.71. The molecule has 10 atom stereocenters. The minimum Gasteiger partial charge on any atom is -0.472 e. The zero-order chi connectivity index (χ0) is 30.6. The van der Waals surface area contributed by atoms with Gasteiger partial charge in [0.15, 0.2) is 6.10 Å². The Morgan fingerprint density at radius 3 is 2.31 bits per heavy atom. The Morgan fingerprint density at radius 1 is 1.02 bits per heavy atom. The predicted octanol–water partition coefficient (Wildman–Crippen LogP) is 1.71. The van der Waals surface area contributed by atoms with Gasteiger partial charge in [0.2, 0.25) is 0 Å². The molecule has 1 aromatic heterocycles. The SMILES string of the molecule is C=C1C23CC(=O)OC(c4ccoc4)C2CC(OC(C)=O)C1(O)C1C(COC(C)=O)CC(OC(C)=O)C(OC(C)=O)C1O3. The smallest absolute Gasteiger partial charge is 0.309 e. The highest BCUT2D eigenvalue weighted by Crippen LogP contribution is 2.64. The van der Waals surface area contributed by atoms with Crippen LogP contribution in [-0.2, 0) is 52.4 Å². The first-order chi connectivity index (χ1) is 19.8. The van der Waals surface area contributed by atoms with E-state index in [0.29, 0.717) is 5.56 Å². The van der Waals surface area contributed by atoms with Crippen molar-refractivity contribution in [1.29, 1.82) is 0 Å². The molecule has 4 fully saturated rings. The van der Waals surface area contributed by atoms with Crippen molar-refractivity contribution >= 4 is 29.8 Å². The second kappa shape index (κ2) is 10.8. The molecule has 2 saturated heterocycles. The Morgan fingerprint density at radius 2 is 1.71 bits per heavy atom. The van der Waals surface area contributed by atoms with Crippen molar-refractivity contribution in [2.24, 2.45) is 17.8 Å². The number of hydrogen-bond donors (Lipinski definition) is 1. The summed E-state index contributed by atoms with van der Waals surface area (Å²) in [4.78, 5) is 61.8. The third-order valence-electron chi connectivity index (χ3n) is 8.82. The van der Waals surface area contributed by atoms with Crippen LogP contribution in [0.5, 0.6) is 0 Å². The summed E-state index contributed by atoms with van der Waals surface area (Å²) >= 11 is 0.